The average molecular weight is 354 g/mol. The minimum absolute atomic E-state index is 0.299. The summed E-state index contributed by atoms with van der Waals surface area (Å²) < 4.78 is 10.8. The van der Waals surface area contributed by atoms with Crippen LogP contribution in [0.5, 0.6) is 11.5 Å². The number of hydrogen-bond acceptors (Lipinski definition) is 6. The van der Waals surface area contributed by atoms with Crippen LogP contribution in [0.15, 0.2) is 24.3 Å². The van der Waals surface area contributed by atoms with E-state index < -0.39 is 0 Å². The summed E-state index contributed by atoms with van der Waals surface area (Å²) in [7, 11) is 0. The molecule has 138 valence electrons. The number of nitrogens with zero attached hydrogens (tertiary/aromatic N) is 2. The van der Waals surface area contributed by atoms with Crippen molar-refractivity contribution in [1.29, 1.82) is 0 Å². The Hall–Kier alpha value is -2.50. The van der Waals surface area contributed by atoms with Crippen LogP contribution in [0.3, 0.4) is 0 Å². The molecule has 0 spiro atoms. The number of fused-ring (bicyclic) bond motifs is 1. The van der Waals surface area contributed by atoms with Crippen LogP contribution in [-0.4, -0.2) is 22.8 Å². The summed E-state index contributed by atoms with van der Waals surface area (Å²) in [6.07, 6.45) is 7.68. The summed E-state index contributed by atoms with van der Waals surface area (Å²) in [5, 5.41) is 6.93. The average Bonchev–Trinajstić information content (AvgIpc) is 2.95. The van der Waals surface area contributed by atoms with Crippen LogP contribution in [0.2, 0.25) is 0 Å². The maximum atomic E-state index is 5.44. The quantitative estimate of drug-likeness (QED) is 0.782. The summed E-state index contributed by atoms with van der Waals surface area (Å²) in [4.78, 5) is 9.22. The molecule has 1 aromatic heterocycles. The minimum Gasteiger partial charge on any atom is -0.454 e. The zero-order valence-corrected chi connectivity index (χ0v) is 15.3. The highest BCUT2D eigenvalue weighted by molar-refractivity contribution is 5.47. The smallest absolute Gasteiger partial charge is 0.231 e. The molecule has 1 fully saturated rings. The number of benzene rings is 1. The fraction of sp³-hybridized carbons (Fsp3) is 0.500. The number of aromatic nitrogens is 2. The third-order valence-corrected chi connectivity index (χ3v) is 4.95. The van der Waals surface area contributed by atoms with Crippen LogP contribution in [0, 0.1) is 6.92 Å². The number of rotatable bonds is 5. The Morgan fingerprint density at radius 3 is 2.65 bits per heavy atom. The Morgan fingerprint density at radius 2 is 1.81 bits per heavy atom. The van der Waals surface area contributed by atoms with Crippen molar-refractivity contribution < 1.29 is 9.47 Å². The van der Waals surface area contributed by atoms with Crippen LogP contribution in [0.25, 0.3) is 0 Å². The first-order chi connectivity index (χ1) is 12.8. The Bertz CT molecular complexity index is 757. The summed E-state index contributed by atoms with van der Waals surface area (Å²) in [5.74, 6) is 3.18. The number of nitrogens with one attached hydrogen (secondary N) is 2. The predicted octanol–water partition coefficient (Wildman–Crippen LogP) is 4.26. The first-order valence-electron chi connectivity index (χ1n) is 9.51. The fourth-order valence-corrected chi connectivity index (χ4v) is 3.57. The van der Waals surface area contributed by atoms with E-state index in [1.807, 2.05) is 31.2 Å². The molecule has 1 aliphatic heterocycles. The van der Waals surface area contributed by atoms with Crippen LogP contribution in [-0.2, 0) is 6.54 Å². The molecule has 0 amide bonds. The SMILES string of the molecule is Cc1cc(NCc2ccc3c(c2)OCO3)nc(NC2CCCCCC2)n1. The molecule has 6 nitrogen and oxygen atoms in total. The van der Waals surface area contributed by atoms with Crippen molar-refractivity contribution in [1.82, 2.24) is 9.97 Å². The summed E-state index contributed by atoms with van der Waals surface area (Å²) >= 11 is 0. The van der Waals surface area contributed by atoms with Gasteiger partial charge in [0.15, 0.2) is 11.5 Å². The van der Waals surface area contributed by atoms with Crippen LogP contribution in [0.4, 0.5) is 11.8 Å². The molecule has 0 bridgehead atoms. The van der Waals surface area contributed by atoms with Crippen molar-refractivity contribution in [2.24, 2.45) is 0 Å². The van der Waals surface area contributed by atoms with Crippen molar-refractivity contribution in [3.63, 3.8) is 0 Å². The van der Waals surface area contributed by atoms with Crippen LogP contribution >= 0.6 is 0 Å². The predicted molar refractivity (Wildman–Crippen MR) is 102 cm³/mol. The fourth-order valence-electron chi connectivity index (χ4n) is 3.57. The maximum absolute atomic E-state index is 5.44. The van der Waals surface area contributed by atoms with Gasteiger partial charge in [0.25, 0.3) is 0 Å². The Kier molecular flexibility index (Phi) is 5.09. The van der Waals surface area contributed by atoms with Gasteiger partial charge in [-0.05, 0) is 37.5 Å². The van der Waals surface area contributed by atoms with E-state index in [4.69, 9.17) is 9.47 Å². The molecule has 1 aromatic carbocycles. The van der Waals surface area contributed by atoms with E-state index in [0.717, 1.165) is 34.5 Å². The molecule has 0 unspecified atom stereocenters. The Balaban J connectivity index is 1.40. The molecule has 0 saturated heterocycles. The highest BCUT2D eigenvalue weighted by Crippen LogP contribution is 2.32. The molecule has 2 aliphatic rings. The van der Waals surface area contributed by atoms with Gasteiger partial charge in [0, 0.05) is 24.3 Å². The second-order valence-corrected chi connectivity index (χ2v) is 7.09. The summed E-state index contributed by atoms with van der Waals surface area (Å²) in [6, 6.07) is 8.46. The highest BCUT2D eigenvalue weighted by atomic mass is 16.7. The maximum Gasteiger partial charge on any atom is 0.231 e. The lowest BCUT2D eigenvalue weighted by molar-refractivity contribution is 0.174. The molecule has 2 N–H and O–H groups in total. The van der Waals surface area contributed by atoms with Gasteiger partial charge in [-0.2, -0.15) is 4.98 Å². The van der Waals surface area contributed by atoms with Gasteiger partial charge in [0.2, 0.25) is 12.7 Å². The lowest BCUT2D eigenvalue weighted by Gasteiger charge is -2.17. The molecule has 0 radical (unpaired) electrons. The van der Waals surface area contributed by atoms with Gasteiger partial charge in [-0.1, -0.05) is 31.7 Å². The van der Waals surface area contributed by atoms with Gasteiger partial charge in [-0.3, -0.25) is 0 Å². The number of anilines is 2. The van der Waals surface area contributed by atoms with Crippen molar-refractivity contribution >= 4 is 11.8 Å². The number of aryl methyl sites for hydroxylation is 1. The van der Waals surface area contributed by atoms with E-state index in [2.05, 4.69) is 20.6 Å². The van der Waals surface area contributed by atoms with E-state index >= 15 is 0 Å². The normalized spacial score (nSPS) is 17.0. The molecule has 4 rings (SSSR count). The number of hydrogen-bond donors (Lipinski definition) is 2. The van der Waals surface area contributed by atoms with Crippen LogP contribution < -0.4 is 20.1 Å². The van der Waals surface area contributed by atoms with Gasteiger partial charge in [-0.25, -0.2) is 4.98 Å². The molecule has 2 heterocycles. The third-order valence-electron chi connectivity index (χ3n) is 4.95. The van der Waals surface area contributed by atoms with Crippen LogP contribution in [0.1, 0.15) is 49.8 Å². The molecular formula is C20H26N4O2. The number of ether oxygens (including phenoxy) is 2. The van der Waals surface area contributed by atoms with Crippen molar-refractivity contribution in [2.75, 3.05) is 17.4 Å². The first kappa shape index (κ1) is 16.9. The van der Waals surface area contributed by atoms with Gasteiger partial charge in [-0.15, -0.1) is 0 Å². The molecular weight excluding hydrogens is 328 g/mol. The first-order valence-corrected chi connectivity index (χ1v) is 9.51. The molecule has 1 saturated carbocycles. The standard InChI is InChI=1S/C20H26N4O2/c1-14-10-19(21-12-15-8-9-17-18(11-15)26-13-25-17)24-20(22-14)23-16-6-4-2-3-5-7-16/h8-11,16H,2-7,12-13H2,1H3,(H2,21,22,23,24). The van der Waals surface area contributed by atoms with Gasteiger partial charge in [0.1, 0.15) is 5.82 Å². The van der Waals surface area contributed by atoms with Gasteiger partial charge < -0.3 is 20.1 Å². The van der Waals surface area contributed by atoms with E-state index in [0.29, 0.717) is 19.4 Å². The summed E-state index contributed by atoms with van der Waals surface area (Å²) in [5.41, 5.74) is 2.09. The molecule has 6 heteroatoms. The van der Waals surface area contributed by atoms with E-state index in [-0.39, 0.29) is 0 Å². The molecule has 0 atom stereocenters. The summed E-state index contributed by atoms with van der Waals surface area (Å²) in [6.45, 7) is 2.98. The van der Waals surface area contributed by atoms with Gasteiger partial charge in [0.05, 0.1) is 0 Å². The zero-order valence-electron chi connectivity index (χ0n) is 15.3. The lowest BCUT2D eigenvalue weighted by Crippen LogP contribution is -2.20. The zero-order chi connectivity index (χ0) is 17.8. The van der Waals surface area contributed by atoms with Crippen molar-refractivity contribution in [3.8, 4) is 11.5 Å². The Labute approximate surface area is 154 Å². The monoisotopic (exact) mass is 354 g/mol. The third kappa shape index (κ3) is 4.18. The Morgan fingerprint density at radius 1 is 1.00 bits per heavy atom. The lowest BCUT2D eigenvalue weighted by atomic mass is 10.1. The highest BCUT2D eigenvalue weighted by Gasteiger charge is 2.15. The van der Waals surface area contributed by atoms with E-state index in [9.17, 15) is 0 Å². The van der Waals surface area contributed by atoms with E-state index in [1.54, 1.807) is 0 Å². The minimum atomic E-state index is 0.299. The van der Waals surface area contributed by atoms with Gasteiger partial charge >= 0.3 is 0 Å². The van der Waals surface area contributed by atoms with Crippen molar-refractivity contribution in [2.45, 2.75) is 58.0 Å². The molecule has 2 aromatic rings. The van der Waals surface area contributed by atoms with E-state index in [1.165, 1.54) is 38.5 Å². The molecule has 26 heavy (non-hydrogen) atoms. The second-order valence-electron chi connectivity index (χ2n) is 7.09. The second kappa shape index (κ2) is 7.81. The van der Waals surface area contributed by atoms with Crippen molar-refractivity contribution in [3.05, 3.63) is 35.5 Å². The topological polar surface area (TPSA) is 68.3 Å². The molecule has 1 aliphatic carbocycles. The largest absolute Gasteiger partial charge is 0.454 e.